The fourth-order valence-electron chi connectivity index (χ4n) is 2.62. The van der Waals surface area contributed by atoms with Gasteiger partial charge in [0.05, 0.1) is 19.1 Å². The van der Waals surface area contributed by atoms with Crippen molar-refractivity contribution in [2.24, 2.45) is 10.9 Å². The molecule has 1 unspecified atom stereocenters. The molecule has 0 bridgehead atoms. The van der Waals surface area contributed by atoms with Crippen molar-refractivity contribution in [2.75, 3.05) is 39.9 Å². The minimum absolute atomic E-state index is 0.0956. The molecule has 0 amide bonds. The zero-order valence-electron chi connectivity index (χ0n) is 14.5. The van der Waals surface area contributed by atoms with Gasteiger partial charge in [-0.2, -0.15) is 0 Å². The number of rotatable bonds is 7. The number of aliphatic imine (C=N–C) groups is 1. The first-order valence-corrected chi connectivity index (χ1v) is 8.40. The molecule has 1 heterocycles. The van der Waals surface area contributed by atoms with E-state index in [0.717, 1.165) is 25.3 Å². The third-order valence-corrected chi connectivity index (χ3v) is 3.70. The van der Waals surface area contributed by atoms with E-state index >= 15 is 0 Å². The Kier molecular flexibility index (Phi) is 9.09. The largest absolute Gasteiger partial charge is 0.466 e. The Balaban J connectivity index is 2.39. The van der Waals surface area contributed by atoms with Crippen LogP contribution < -0.4 is 5.32 Å². The molecule has 0 saturated carbocycles. The molecule has 23 heavy (non-hydrogen) atoms. The van der Waals surface area contributed by atoms with Gasteiger partial charge in [-0.05, 0) is 33.1 Å². The number of nitrogens with one attached hydrogen (secondary N) is 1. The molecule has 1 aliphatic heterocycles. The molecule has 0 aromatic carbocycles. The van der Waals surface area contributed by atoms with Crippen LogP contribution in [0.25, 0.3) is 0 Å². The summed E-state index contributed by atoms with van der Waals surface area (Å²) in [5.74, 6) is 0.365. The van der Waals surface area contributed by atoms with Gasteiger partial charge in [0.1, 0.15) is 0 Å². The Labute approximate surface area is 138 Å². The maximum atomic E-state index is 11.9. The van der Waals surface area contributed by atoms with Gasteiger partial charge in [0.15, 0.2) is 5.96 Å². The summed E-state index contributed by atoms with van der Waals surface area (Å²) in [7, 11) is 1.72. The first-order valence-electron chi connectivity index (χ1n) is 8.40. The Morgan fingerprint density at radius 2 is 2.00 bits per heavy atom. The zero-order chi connectivity index (χ0) is 17.1. The van der Waals surface area contributed by atoms with Crippen LogP contribution in [0.2, 0.25) is 0 Å². The molecular formula is C16H29N3O4. The maximum Gasteiger partial charge on any atom is 0.310 e. The van der Waals surface area contributed by atoms with E-state index in [1.165, 1.54) is 0 Å². The van der Waals surface area contributed by atoms with Crippen molar-refractivity contribution in [3.05, 3.63) is 0 Å². The summed E-state index contributed by atoms with van der Waals surface area (Å²) in [4.78, 5) is 29.5. The van der Waals surface area contributed by atoms with Gasteiger partial charge < -0.3 is 19.7 Å². The number of hydrogen-bond donors (Lipinski definition) is 1. The summed E-state index contributed by atoms with van der Waals surface area (Å²) in [5.41, 5.74) is 0. The van der Waals surface area contributed by atoms with E-state index in [2.05, 4.69) is 15.2 Å². The highest BCUT2D eigenvalue weighted by Crippen LogP contribution is 2.18. The van der Waals surface area contributed by atoms with Crippen molar-refractivity contribution in [1.82, 2.24) is 10.2 Å². The molecule has 1 fully saturated rings. The van der Waals surface area contributed by atoms with Crippen LogP contribution in [-0.2, 0) is 19.1 Å². The van der Waals surface area contributed by atoms with E-state index < -0.39 is 0 Å². The lowest BCUT2D eigenvalue weighted by Crippen LogP contribution is -2.48. The highest BCUT2D eigenvalue weighted by molar-refractivity contribution is 5.81. The van der Waals surface area contributed by atoms with Crippen LogP contribution in [0.4, 0.5) is 0 Å². The molecule has 0 aromatic heterocycles. The number of guanidine groups is 1. The monoisotopic (exact) mass is 327 g/mol. The van der Waals surface area contributed by atoms with Crippen LogP contribution in [0.15, 0.2) is 4.99 Å². The maximum absolute atomic E-state index is 11.9. The Morgan fingerprint density at radius 3 is 2.65 bits per heavy atom. The Morgan fingerprint density at radius 1 is 1.26 bits per heavy atom. The number of carbonyl (C=O) groups excluding carboxylic acids is 2. The summed E-state index contributed by atoms with van der Waals surface area (Å²) in [6, 6.07) is 0. The van der Waals surface area contributed by atoms with E-state index in [1.54, 1.807) is 14.0 Å². The van der Waals surface area contributed by atoms with Crippen LogP contribution in [0.3, 0.4) is 0 Å². The minimum Gasteiger partial charge on any atom is -0.466 e. The summed E-state index contributed by atoms with van der Waals surface area (Å²) in [6.07, 6.45) is 2.87. The third-order valence-electron chi connectivity index (χ3n) is 3.70. The molecule has 1 atom stereocenters. The topological polar surface area (TPSA) is 80.2 Å². The summed E-state index contributed by atoms with van der Waals surface area (Å²) in [5, 5.41) is 3.24. The number of likely N-dealkylation sites (tertiary alicyclic amines) is 1. The van der Waals surface area contributed by atoms with Gasteiger partial charge in [-0.3, -0.25) is 14.6 Å². The Bertz CT molecular complexity index is 412. The number of hydrogen-bond acceptors (Lipinski definition) is 5. The highest BCUT2D eigenvalue weighted by atomic mass is 16.5. The lowest BCUT2D eigenvalue weighted by Gasteiger charge is -2.33. The van der Waals surface area contributed by atoms with E-state index in [1.807, 2.05) is 6.92 Å². The second kappa shape index (κ2) is 10.9. The Hall–Kier alpha value is -1.79. The molecule has 0 aliphatic carbocycles. The molecule has 7 nitrogen and oxygen atoms in total. The van der Waals surface area contributed by atoms with Gasteiger partial charge in [0, 0.05) is 33.1 Å². The average Bonchev–Trinajstić information content (AvgIpc) is 2.55. The zero-order valence-corrected chi connectivity index (χ0v) is 14.5. The van der Waals surface area contributed by atoms with E-state index in [0.29, 0.717) is 39.1 Å². The van der Waals surface area contributed by atoms with E-state index in [9.17, 15) is 9.59 Å². The van der Waals surface area contributed by atoms with Gasteiger partial charge in [-0.1, -0.05) is 0 Å². The van der Waals surface area contributed by atoms with Crippen molar-refractivity contribution in [1.29, 1.82) is 0 Å². The molecule has 132 valence electrons. The number of ether oxygens (including phenoxy) is 2. The number of esters is 2. The molecule has 1 N–H and O–H groups in total. The van der Waals surface area contributed by atoms with Crippen molar-refractivity contribution in [3.8, 4) is 0 Å². The van der Waals surface area contributed by atoms with Crippen LogP contribution in [-0.4, -0.2) is 62.7 Å². The average molecular weight is 327 g/mol. The highest BCUT2D eigenvalue weighted by Gasteiger charge is 2.28. The van der Waals surface area contributed by atoms with Crippen LogP contribution in [0.1, 0.15) is 39.5 Å². The molecular weight excluding hydrogens is 298 g/mol. The number of nitrogens with zero attached hydrogens (tertiary/aromatic N) is 2. The lowest BCUT2D eigenvalue weighted by atomic mass is 9.98. The predicted molar refractivity (Wildman–Crippen MR) is 88.2 cm³/mol. The van der Waals surface area contributed by atoms with Crippen molar-refractivity contribution in [3.63, 3.8) is 0 Å². The predicted octanol–water partition coefficient (Wildman–Crippen LogP) is 1.18. The fourth-order valence-corrected chi connectivity index (χ4v) is 2.62. The van der Waals surface area contributed by atoms with Crippen molar-refractivity contribution < 1.29 is 19.1 Å². The smallest absolute Gasteiger partial charge is 0.310 e. The van der Waals surface area contributed by atoms with Gasteiger partial charge in [0.2, 0.25) is 0 Å². The van der Waals surface area contributed by atoms with Gasteiger partial charge >= 0.3 is 11.9 Å². The molecule has 0 aromatic rings. The van der Waals surface area contributed by atoms with Crippen LogP contribution >= 0.6 is 0 Å². The molecule has 0 radical (unpaired) electrons. The molecule has 0 spiro atoms. The third kappa shape index (κ3) is 6.88. The SMILES string of the molecule is CCOC(=O)CCCNC(=NC)N1CCCC(C(=O)OCC)C1. The fraction of sp³-hybridized carbons (Fsp3) is 0.812. The molecule has 7 heteroatoms. The number of piperidine rings is 1. The van der Waals surface area contributed by atoms with Crippen molar-refractivity contribution >= 4 is 17.9 Å². The standard InChI is InChI=1S/C16H29N3O4/c1-4-22-14(20)9-6-10-18-16(17-3)19-11-7-8-13(12-19)15(21)23-5-2/h13H,4-12H2,1-3H3,(H,17,18). The van der Waals surface area contributed by atoms with Gasteiger partial charge in [0.25, 0.3) is 0 Å². The van der Waals surface area contributed by atoms with Crippen molar-refractivity contribution in [2.45, 2.75) is 39.5 Å². The quantitative estimate of drug-likeness (QED) is 0.327. The van der Waals surface area contributed by atoms with Crippen LogP contribution in [0.5, 0.6) is 0 Å². The normalized spacial score (nSPS) is 18.5. The van der Waals surface area contributed by atoms with Gasteiger partial charge in [-0.15, -0.1) is 0 Å². The lowest BCUT2D eigenvalue weighted by molar-refractivity contribution is -0.149. The van der Waals surface area contributed by atoms with Gasteiger partial charge in [-0.25, -0.2) is 0 Å². The first kappa shape index (κ1) is 19.3. The number of carbonyl (C=O) groups is 2. The van der Waals surface area contributed by atoms with E-state index in [-0.39, 0.29) is 17.9 Å². The second-order valence-electron chi connectivity index (χ2n) is 5.42. The molecule has 1 saturated heterocycles. The van der Waals surface area contributed by atoms with Crippen LogP contribution in [0, 0.1) is 5.92 Å². The summed E-state index contributed by atoms with van der Waals surface area (Å²) < 4.78 is 10.0. The van der Waals surface area contributed by atoms with E-state index in [4.69, 9.17) is 9.47 Å². The minimum atomic E-state index is -0.176. The molecule has 1 aliphatic rings. The summed E-state index contributed by atoms with van der Waals surface area (Å²) in [6.45, 7) is 6.58. The first-order chi connectivity index (χ1) is 11.1. The summed E-state index contributed by atoms with van der Waals surface area (Å²) >= 11 is 0. The molecule has 1 rings (SSSR count). The second-order valence-corrected chi connectivity index (χ2v) is 5.42.